The van der Waals surface area contributed by atoms with E-state index >= 15 is 0 Å². The first-order valence-corrected chi connectivity index (χ1v) is 6.50. The molecule has 0 radical (unpaired) electrons. The summed E-state index contributed by atoms with van der Waals surface area (Å²) in [6.07, 6.45) is 3.20. The molecule has 0 aliphatic carbocycles. The van der Waals surface area contributed by atoms with Crippen molar-refractivity contribution in [3.05, 3.63) is 36.7 Å². The van der Waals surface area contributed by atoms with E-state index in [1.165, 1.54) is 17.8 Å². The number of rotatable bonds is 5. The normalized spacial score (nSPS) is 13.4. The minimum absolute atomic E-state index is 0.350. The predicted molar refractivity (Wildman–Crippen MR) is 76.0 cm³/mol. The number of aromatic nitrogens is 3. The lowest BCUT2D eigenvalue weighted by atomic mass is 9.95. The summed E-state index contributed by atoms with van der Waals surface area (Å²) >= 11 is 0. The number of hydrogen-bond acceptors (Lipinski definition) is 4. The van der Waals surface area contributed by atoms with Crippen LogP contribution in [0.5, 0.6) is 0 Å². The van der Waals surface area contributed by atoms with Gasteiger partial charge in [0.2, 0.25) is 5.91 Å². The lowest BCUT2D eigenvalue weighted by molar-refractivity contribution is -0.145. The Bertz CT molecular complexity index is 639. The van der Waals surface area contributed by atoms with Gasteiger partial charge in [0.05, 0.1) is 29.7 Å². The SMILES string of the molecule is CC(C(=O)O)C(C)C(=O)Nc1ccccc1-n1ccnn1. The molecule has 1 aromatic carbocycles. The van der Waals surface area contributed by atoms with E-state index in [1.807, 2.05) is 6.07 Å². The summed E-state index contributed by atoms with van der Waals surface area (Å²) < 4.78 is 1.53. The molecule has 0 spiro atoms. The number of carbonyl (C=O) groups excluding carboxylic acids is 1. The van der Waals surface area contributed by atoms with E-state index < -0.39 is 17.8 Å². The second-order valence-electron chi connectivity index (χ2n) is 4.77. The van der Waals surface area contributed by atoms with Crippen LogP contribution < -0.4 is 5.32 Å². The predicted octanol–water partition coefficient (Wildman–Crippen LogP) is 1.56. The summed E-state index contributed by atoms with van der Waals surface area (Å²) in [5, 5.41) is 19.3. The van der Waals surface area contributed by atoms with Crippen molar-refractivity contribution in [2.24, 2.45) is 11.8 Å². The maximum Gasteiger partial charge on any atom is 0.307 e. The average Bonchev–Trinajstić information content (AvgIpc) is 3.00. The lowest BCUT2D eigenvalue weighted by Crippen LogP contribution is -2.30. The molecule has 0 saturated heterocycles. The highest BCUT2D eigenvalue weighted by atomic mass is 16.4. The van der Waals surface area contributed by atoms with Gasteiger partial charge in [-0.15, -0.1) is 5.10 Å². The zero-order valence-corrected chi connectivity index (χ0v) is 11.7. The van der Waals surface area contributed by atoms with Crippen LogP contribution in [0.1, 0.15) is 13.8 Å². The summed E-state index contributed by atoms with van der Waals surface area (Å²) in [6.45, 7) is 3.10. The number of amides is 1. The van der Waals surface area contributed by atoms with E-state index in [2.05, 4.69) is 15.6 Å². The number of carboxylic acids is 1. The van der Waals surface area contributed by atoms with Crippen LogP contribution >= 0.6 is 0 Å². The fourth-order valence-electron chi connectivity index (χ4n) is 1.80. The van der Waals surface area contributed by atoms with Gasteiger partial charge in [-0.05, 0) is 12.1 Å². The molecule has 0 bridgehead atoms. The van der Waals surface area contributed by atoms with Crippen LogP contribution in [0.4, 0.5) is 5.69 Å². The van der Waals surface area contributed by atoms with Gasteiger partial charge in [-0.25, -0.2) is 4.68 Å². The van der Waals surface area contributed by atoms with Crippen molar-refractivity contribution in [2.45, 2.75) is 13.8 Å². The van der Waals surface area contributed by atoms with Gasteiger partial charge < -0.3 is 10.4 Å². The summed E-state index contributed by atoms with van der Waals surface area (Å²) in [5.74, 6) is -2.76. The number of hydrogen-bond donors (Lipinski definition) is 2. The Balaban J connectivity index is 2.21. The Morgan fingerprint density at radius 3 is 2.57 bits per heavy atom. The van der Waals surface area contributed by atoms with Crippen molar-refractivity contribution in [3.8, 4) is 5.69 Å². The fourth-order valence-corrected chi connectivity index (χ4v) is 1.80. The van der Waals surface area contributed by atoms with Gasteiger partial charge in [0, 0.05) is 5.92 Å². The first kappa shape index (κ1) is 14.7. The second-order valence-corrected chi connectivity index (χ2v) is 4.77. The number of carboxylic acid groups (broad SMARTS) is 1. The maximum absolute atomic E-state index is 12.2. The Labute approximate surface area is 121 Å². The van der Waals surface area contributed by atoms with Crippen LogP contribution in [-0.2, 0) is 9.59 Å². The third-order valence-corrected chi connectivity index (χ3v) is 3.38. The van der Waals surface area contributed by atoms with Crippen LogP contribution in [0.3, 0.4) is 0 Å². The smallest absolute Gasteiger partial charge is 0.307 e. The molecule has 2 aromatic rings. The standard InChI is InChI=1S/C14H16N4O3/c1-9(10(2)14(20)21)13(19)16-11-5-3-4-6-12(11)18-8-7-15-17-18/h3-10H,1-2H3,(H,16,19)(H,20,21). The molecular formula is C14H16N4O3. The molecule has 110 valence electrons. The van der Waals surface area contributed by atoms with Gasteiger partial charge in [0.1, 0.15) is 0 Å². The highest BCUT2D eigenvalue weighted by molar-refractivity contribution is 5.96. The van der Waals surface area contributed by atoms with Crippen LogP contribution in [0.25, 0.3) is 5.69 Å². The summed E-state index contributed by atoms with van der Waals surface area (Å²) in [4.78, 5) is 23.1. The van der Waals surface area contributed by atoms with Crippen molar-refractivity contribution >= 4 is 17.6 Å². The topological polar surface area (TPSA) is 97.1 Å². The molecule has 0 saturated carbocycles. The quantitative estimate of drug-likeness (QED) is 0.870. The van der Waals surface area contributed by atoms with Crippen LogP contribution in [0, 0.1) is 11.8 Å². The van der Waals surface area contributed by atoms with Crippen molar-refractivity contribution in [1.82, 2.24) is 15.0 Å². The number of aliphatic carboxylic acids is 1. The first-order valence-electron chi connectivity index (χ1n) is 6.50. The third-order valence-electron chi connectivity index (χ3n) is 3.38. The van der Waals surface area contributed by atoms with Crippen molar-refractivity contribution in [2.75, 3.05) is 5.32 Å². The van der Waals surface area contributed by atoms with E-state index in [4.69, 9.17) is 5.11 Å². The number of benzene rings is 1. The monoisotopic (exact) mass is 288 g/mol. The minimum Gasteiger partial charge on any atom is -0.481 e. The molecule has 0 aliphatic heterocycles. The average molecular weight is 288 g/mol. The van der Waals surface area contributed by atoms with E-state index in [9.17, 15) is 9.59 Å². The van der Waals surface area contributed by atoms with Gasteiger partial charge in [0.25, 0.3) is 0 Å². The Hall–Kier alpha value is -2.70. The highest BCUT2D eigenvalue weighted by Gasteiger charge is 2.26. The molecule has 2 rings (SSSR count). The molecule has 1 aromatic heterocycles. The molecule has 1 amide bonds. The van der Waals surface area contributed by atoms with Gasteiger partial charge in [-0.2, -0.15) is 0 Å². The summed E-state index contributed by atoms with van der Waals surface area (Å²) in [7, 11) is 0. The van der Waals surface area contributed by atoms with E-state index in [1.54, 1.807) is 31.3 Å². The van der Waals surface area contributed by atoms with Gasteiger partial charge >= 0.3 is 5.97 Å². The molecule has 0 fully saturated rings. The van der Waals surface area contributed by atoms with Crippen molar-refractivity contribution in [1.29, 1.82) is 0 Å². The van der Waals surface area contributed by atoms with Crippen molar-refractivity contribution in [3.63, 3.8) is 0 Å². The van der Waals surface area contributed by atoms with E-state index in [-0.39, 0.29) is 5.91 Å². The second kappa shape index (κ2) is 6.17. The van der Waals surface area contributed by atoms with Crippen LogP contribution in [-0.4, -0.2) is 32.0 Å². The molecular weight excluding hydrogens is 272 g/mol. The number of carbonyl (C=O) groups is 2. The fraction of sp³-hybridized carbons (Fsp3) is 0.286. The Morgan fingerprint density at radius 1 is 1.24 bits per heavy atom. The molecule has 7 nitrogen and oxygen atoms in total. The van der Waals surface area contributed by atoms with Crippen LogP contribution in [0.2, 0.25) is 0 Å². The van der Waals surface area contributed by atoms with Crippen molar-refractivity contribution < 1.29 is 14.7 Å². The third kappa shape index (κ3) is 3.25. The van der Waals surface area contributed by atoms with Gasteiger partial charge in [0.15, 0.2) is 0 Å². The van der Waals surface area contributed by atoms with Gasteiger partial charge in [-0.1, -0.05) is 31.2 Å². The maximum atomic E-state index is 12.2. The molecule has 21 heavy (non-hydrogen) atoms. The van der Waals surface area contributed by atoms with Crippen LogP contribution in [0.15, 0.2) is 36.7 Å². The number of anilines is 1. The lowest BCUT2D eigenvalue weighted by Gasteiger charge is -2.17. The molecule has 2 N–H and O–H groups in total. The summed E-state index contributed by atoms with van der Waals surface area (Å²) in [5.41, 5.74) is 1.22. The molecule has 2 unspecified atom stereocenters. The largest absolute Gasteiger partial charge is 0.481 e. The highest BCUT2D eigenvalue weighted by Crippen LogP contribution is 2.21. The molecule has 1 heterocycles. The zero-order valence-electron chi connectivity index (χ0n) is 11.7. The Kier molecular flexibility index (Phi) is 4.32. The number of nitrogens with one attached hydrogen (secondary N) is 1. The van der Waals surface area contributed by atoms with E-state index in [0.29, 0.717) is 11.4 Å². The summed E-state index contributed by atoms with van der Waals surface area (Å²) in [6, 6.07) is 7.11. The zero-order chi connectivity index (χ0) is 15.4. The minimum atomic E-state index is -0.998. The molecule has 0 aliphatic rings. The number of nitrogens with zero attached hydrogens (tertiary/aromatic N) is 3. The first-order chi connectivity index (χ1) is 10.0. The Morgan fingerprint density at radius 2 is 1.95 bits per heavy atom. The number of para-hydroxylation sites is 2. The van der Waals surface area contributed by atoms with Gasteiger partial charge in [-0.3, -0.25) is 9.59 Å². The molecule has 2 atom stereocenters. The molecule has 7 heteroatoms. The van der Waals surface area contributed by atoms with E-state index in [0.717, 1.165) is 0 Å².